The number of hydrogen-bond acceptors (Lipinski definition) is 4. The third kappa shape index (κ3) is 8.93. The summed E-state index contributed by atoms with van der Waals surface area (Å²) < 4.78 is 0. The molecule has 42 heavy (non-hydrogen) atoms. The maximum Gasteiger partial charge on any atom is 0.253 e. The van der Waals surface area contributed by atoms with Crippen LogP contribution in [-0.2, 0) is 13.0 Å². The number of amides is 1. The van der Waals surface area contributed by atoms with E-state index in [9.17, 15) is 9.59 Å². The van der Waals surface area contributed by atoms with E-state index >= 15 is 0 Å². The van der Waals surface area contributed by atoms with Crippen LogP contribution >= 0.6 is 0 Å². The number of likely N-dealkylation sites (N-methyl/N-ethyl adjacent to an activating group) is 1. The van der Waals surface area contributed by atoms with Gasteiger partial charge in [0.05, 0.1) is 0 Å². The molecular formula is C36H50N4O2. The number of benzene rings is 2. The number of allylic oxidation sites excluding steroid dienone is 1. The second kappa shape index (κ2) is 15.5. The number of H-pyrrole nitrogens is 1. The molecular weight excluding hydrogens is 520 g/mol. The Kier molecular flexibility index (Phi) is 12.2. The first-order chi connectivity index (χ1) is 20.0. The Balaban J connectivity index is 0.00000114. The number of aryl methyl sites for hydroxylation is 3. The van der Waals surface area contributed by atoms with Crippen molar-refractivity contribution in [3.8, 4) is 11.1 Å². The fraction of sp³-hybridized carbons (Fsp3) is 0.444. The lowest BCUT2D eigenvalue weighted by atomic mass is 9.93. The van der Waals surface area contributed by atoms with Gasteiger partial charge in [-0.3, -0.25) is 9.59 Å². The molecule has 0 bridgehead atoms. The lowest BCUT2D eigenvalue weighted by Gasteiger charge is -2.34. The molecule has 0 spiro atoms. The maximum atomic E-state index is 13.6. The lowest BCUT2D eigenvalue weighted by molar-refractivity contribution is 0.0950. The summed E-state index contributed by atoms with van der Waals surface area (Å²) in [6.07, 6.45) is 5.68. The smallest absolute Gasteiger partial charge is 0.253 e. The zero-order chi connectivity index (χ0) is 30.8. The van der Waals surface area contributed by atoms with E-state index in [0.717, 1.165) is 78.4 Å². The van der Waals surface area contributed by atoms with E-state index in [0.29, 0.717) is 11.1 Å². The molecule has 226 valence electrons. The fourth-order valence-corrected chi connectivity index (χ4v) is 5.22. The molecule has 2 heterocycles. The molecule has 4 rings (SSSR count). The summed E-state index contributed by atoms with van der Waals surface area (Å²) in [5.41, 5.74) is 8.19. The summed E-state index contributed by atoms with van der Waals surface area (Å²) in [6, 6.07) is 14.7. The van der Waals surface area contributed by atoms with Crippen molar-refractivity contribution in [2.24, 2.45) is 5.92 Å². The number of nitrogens with zero attached hydrogens (tertiary/aromatic N) is 2. The Bertz CT molecular complexity index is 1430. The predicted molar refractivity (Wildman–Crippen MR) is 179 cm³/mol. The van der Waals surface area contributed by atoms with Gasteiger partial charge in [0.25, 0.3) is 11.5 Å². The van der Waals surface area contributed by atoms with Crippen molar-refractivity contribution >= 4 is 17.7 Å². The highest BCUT2D eigenvalue weighted by molar-refractivity contribution is 5.99. The van der Waals surface area contributed by atoms with Crippen LogP contribution in [-0.4, -0.2) is 49.0 Å². The zero-order valence-electron chi connectivity index (χ0n) is 26.9. The Hall–Kier alpha value is -3.64. The van der Waals surface area contributed by atoms with Crippen molar-refractivity contribution in [3.63, 3.8) is 0 Å². The molecule has 2 N–H and O–H groups in total. The van der Waals surface area contributed by atoms with Gasteiger partial charge in [0.15, 0.2) is 0 Å². The summed E-state index contributed by atoms with van der Waals surface area (Å²) >= 11 is 0. The zero-order valence-corrected chi connectivity index (χ0v) is 26.9. The van der Waals surface area contributed by atoms with Gasteiger partial charge in [-0.2, -0.15) is 0 Å². The van der Waals surface area contributed by atoms with Gasteiger partial charge in [0, 0.05) is 55.2 Å². The van der Waals surface area contributed by atoms with Crippen molar-refractivity contribution in [3.05, 3.63) is 92.4 Å². The van der Waals surface area contributed by atoms with Crippen LogP contribution in [0.25, 0.3) is 17.2 Å². The molecule has 1 aliphatic heterocycles. The molecule has 1 aliphatic rings. The second-order valence-electron chi connectivity index (χ2n) is 12.0. The van der Waals surface area contributed by atoms with E-state index in [1.165, 1.54) is 5.69 Å². The standard InChI is InChI=1S/C32H40N4O2.C4H10/c1-6-9-25-18-23(4)34-32(38)30(25)21-33-31(37)29-20-26(17-22(3)28(29)10-7-2)24-11-8-12-27(19-24)36-15-13-35(5)14-16-36;1-4(2)3/h7-8,10-12,17-20H,6,9,13-16,21H2,1-5H3,(H,33,37)(H,34,38);4H,1-3H3/b10-7-;. The molecule has 0 unspecified atom stereocenters. The maximum absolute atomic E-state index is 13.6. The number of hydrogen-bond donors (Lipinski definition) is 2. The van der Waals surface area contributed by atoms with Gasteiger partial charge in [-0.05, 0) is 92.2 Å². The third-order valence-electron chi connectivity index (χ3n) is 7.32. The monoisotopic (exact) mass is 570 g/mol. The van der Waals surface area contributed by atoms with E-state index in [4.69, 9.17) is 0 Å². The number of carbonyl (C=O) groups excluding carboxylic acids is 1. The van der Waals surface area contributed by atoms with Crippen molar-refractivity contribution in [2.45, 2.75) is 67.9 Å². The fourth-order valence-electron chi connectivity index (χ4n) is 5.22. The Morgan fingerprint density at radius 2 is 1.71 bits per heavy atom. The van der Waals surface area contributed by atoms with Crippen LogP contribution < -0.4 is 15.8 Å². The van der Waals surface area contributed by atoms with Gasteiger partial charge in [-0.25, -0.2) is 0 Å². The number of carbonyl (C=O) groups is 1. The molecule has 3 aromatic rings. The SMILES string of the molecule is C/C=C\c1c(C)cc(-c2cccc(N3CCN(C)CC3)c2)cc1C(=O)NCc1c(CCC)cc(C)[nH]c1=O.CC(C)C. The minimum atomic E-state index is -0.180. The summed E-state index contributed by atoms with van der Waals surface area (Å²) in [4.78, 5) is 33.9. The van der Waals surface area contributed by atoms with Crippen LogP contribution in [0.4, 0.5) is 5.69 Å². The lowest BCUT2D eigenvalue weighted by Crippen LogP contribution is -2.44. The largest absolute Gasteiger partial charge is 0.369 e. The molecule has 2 aromatic carbocycles. The van der Waals surface area contributed by atoms with Crippen molar-refractivity contribution in [1.29, 1.82) is 0 Å². The third-order valence-corrected chi connectivity index (χ3v) is 7.32. The first-order valence-electron chi connectivity index (χ1n) is 15.3. The number of aromatic nitrogens is 1. The molecule has 0 aliphatic carbocycles. The Labute approximate surface area is 252 Å². The summed E-state index contributed by atoms with van der Waals surface area (Å²) in [5, 5.41) is 3.04. The van der Waals surface area contributed by atoms with Gasteiger partial charge in [-0.15, -0.1) is 0 Å². The molecule has 0 atom stereocenters. The van der Waals surface area contributed by atoms with Gasteiger partial charge < -0.3 is 20.1 Å². The highest BCUT2D eigenvalue weighted by atomic mass is 16.1. The molecule has 6 nitrogen and oxygen atoms in total. The van der Waals surface area contributed by atoms with Crippen LogP contribution in [0, 0.1) is 19.8 Å². The van der Waals surface area contributed by atoms with Crippen LogP contribution in [0.3, 0.4) is 0 Å². The van der Waals surface area contributed by atoms with Crippen molar-refractivity contribution < 1.29 is 4.79 Å². The normalized spacial score (nSPS) is 13.8. The molecule has 0 saturated carbocycles. The van der Waals surface area contributed by atoms with Crippen LogP contribution in [0.1, 0.15) is 79.3 Å². The van der Waals surface area contributed by atoms with Crippen molar-refractivity contribution in [2.75, 3.05) is 38.1 Å². The van der Waals surface area contributed by atoms with Crippen LogP contribution in [0.2, 0.25) is 0 Å². The Morgan fingerprint density at radius 3 is 2.36 bits per heavy atom. The summed E-state index contributed by atoms with van der Waals surface area (Å²) in [5.74, 6) is 0.653. The first-order valence-corrected chi connectivity index (χ1v) is 15.3. The molecule has 1 fully saturated rings. The van der Waals surface area contributed by atoms with Gasteiger partial charge in [0.1, 0.15) is 0 Å². The summed E-state index contributed by atoms with van der Waals surface area (Å²) in [7, 11) is 2.16. The molecule has 1 aromatic heterocycles. The topological polar surface area (TPSA) is 68.4 Å². The molecule has 6 heteroatoms. The minimum absolute atomic E-state index is 0.131. The number of aromatic amines is 1. The van der Waals surface area contributed by atoms with Gasteiger partial charge in [0.2, 0.25) is 0 Å². The van der Waals surface area contributed by atoms with E-state index in [1.54, 1.807) is 0 Å². The molecule has 1 amide bonds. The van der Waals surface area contributed by atoms with E-state index < -0.39 is 0 Å². The van der Waals surface area contributed by atoms with Gasteiger partial charge >= 0.3 is 0 Å². The average molecular weight is 571 g/mol. The van der Waals surface area contributed by atoms with E-state index in [-0.39, 0.29) is 18.0 Å². The van der Waals surface area contributed by atoms with Gasteiger partial charge in [-0.1, -0.05) is 64.5 Å². The highest BCUT2D eigenvalue weighted by Crippen LogP contribution is 2.30. The van der Waals surface area contributed by atoms with E-state index in [1.807, 2.05) is 45.1 Å². The quantitative estimate of drug-likeness (QED) is 0.306. The molecule has 0 radical (unpaired) electrons. The average Bonchev–Trinajstić information content (AvgIpc) is 2.93. The van der Waals surface area contributed by atoms with Crippen molar-refractivity contribution in [1.82, 2.24) is 15.2 Å². The van der Waals surface area contributed by atoms with Crippen LogP contribution in [0.5, 0.6) is 0 Å². The number of rotatable bonds is 8. The first kappa shape index (κ1) is 32.9. The number of nitrogens with one attached hydrogen (secondary N) is 2. The number of anilines is 1. The second-order valence-corrected chi connectivity index (χ2v) is 12.0. The predicted octanol–water partition coefficient (Wildman–Crippen LogP) is 6.99. The van der Waals surface area contributed by atoms with E-state index in [2.05, 4.69) is 85.2 Å². The van der Waals surface area contributed by atoms with Crippen LogP contribution in [0.15, 0.2) is 53.3 Å². The Morgan fingerprint density at radius 1 is 1.02 bits per heavy atom. The summed E-state index contributed by atoms with van der Waals surface area (Å²) in [6.45, 7) is 18.8. The highest BCUT2D eigenvalue weighted by Gasteiger charge is 2.18. The molecule has 1 saturated heterocycles. The number of piperazine rings is 1. The minimum Gasteiger partial charge on any atom is -0.369 e. The number of pyridine rings is 1.